The molecule has 0 bridgehead atoms. The van der Waals surface area contributed by atoms with Gasteiger partial charge in [0.2, 0.25) is 5.91 Å². The van der Waals surface area contributed by atoms with E-state index < -0.39 is 5.54 Å². The Morgan fingerprint density at radius 2 is 2.14 bits per heavy atom. The van der Waals surface area contributed by atoms with E-state index in [1.807, 2.05) is 24.3 Å². The minimum atomic E-state index is -0.717. The van der Waals surface area contributed by atoms with Crippen molar-refractivity contribution < 1.29 is 9.53 Å². The lowest BCUT2D eigenvalue weighted by molar-refractivity contribution is -0.128. The number of amides is 1. The molecule has 0 spiro atoms. The molecule has 1 aliphatic rings. The molecule has 1 aliphatic carbocycles. The van der Waals surface area contributed by atoms with Gasteiger partial charge in [-0.1, -0.05) is 43.0 Å². The largest absolute Gasteiger partial charge is 0.375 e. The maximum atomic E-state index is 12.3. The molecule has 2 rings (SSSR count). The Kier molecular flexibility index (Phi) is 5.62. The third-order valence-corrected chi connectivity index (χ3v) is 4.39. The molecule has 4 nitrogen and oxygen atoms in total. The van der Waals surface area contributed by atoms with Crippen LogP contribution in [0.1, 0.15) is 43.8 Å². The normalized spacial score (nSPS) is 19.0. The highest BCUT2D eigenvalue weighted by molar-refractivity contribution is 6.30. The number of nitrogens with one attached hydrogen (secondary N) is 1. The zero-order chi connectivity index (χ0) is 15.3. The van der Waals surface area contributed by atoms with Crippen LogP contribution in [0.25, 0.3) is 0 Å². The first kappa shape index (κ1) is 16.3. The number of hydrogen-bond acceptors (Lipinski definition) is 3. The minimum Gasteiger partial charge on any atom is -0.375 e. The number of halogens is 1. The van der Waals surface area contributed by atoms with E-state index in [-0.39, 0.29) is 12.0 Å². The molecule has 0 aliphatic heterocycles. The highest BCUT2D eigenvalue weighted by Gasteiger charge is 2.35. The van der Waals surface area contributed by atoms with Crippen molar-refractivity contribution in [2.24, 2.45) is 5.73 Å². The quantitative estimate of drug-likeness (QED) is 0.879. The zero-order valence-electron chi connectivity index (χ0n) is 12.4. The van der Waals surface area contributed by atoms with Crippen LogP contribution >= 0.6 is 11.6 Å². The van der Waals surface area contributed by atoms with Crippen molar-refractivity contribution in [3.8, 4) is 0 Å². The Balaban J connectivity index is 1.95. The number of nitrogens with two attached hydrogens (primary N) is 1. The van der Waals surface area contributed by atoms with Crippen LogP contribution in [0.4, 0.5) is 0 Å². The number of carbonyl (C=O) groups is 1. The summed E-state index contributed by atoms with van der Waals surface area (Å²) in [5, 5.41) is 3.59. The first-order chi connectivity index (χ1) is 10.0. The monoisotopic (exact) mass is 310 g/mol. The average molecular weight is 311 g/mol. The van der Waals surface area contributed by atoms with Crippen molar-refractivity contribution in [1.29, 1.82) is 0 Å². The molecule has 21 heavy (non-hydrogen) atoms. The highest BCUT2D eigenvalue weighted by atomic mass is 35.5. The summed E-state index contributed by atoms with van der Waals surface area (Å²) in [7, 11) is 1.62. The molecule has 116 valence electrons. The standard InChI is InChI=1S/C16H23ClN2O2/c1-21-14(12-6-5-7-13(17)10-12)11-19-15(20)16(18)8-3-2-4-9-16/h5-7,10,14H,2-4,8-9,11,18H2,1H3,(H,19,20). The maximum Gasteiger partial charge on any atom is 0.240 e. The predicted molar refractivity (Wildman–Crippen MR) is 84.2 cm³/mol. The molecule has 1 saturated carbocycles. The molecule has 5 heteroatoms. The van der Waals surface area contributed by atoms with Gasteiger partial charge >= 0.3 is 0 Å². The van der Waals surface area contributed by atoms with Gasteiger partial charge in [-0.15, -0.1) is 0 Å². The van der Waals surface area contributed by atoms with Gasteiger partial charge in [0.15, 0.2) is 0 Å². The molecular formula is C16H23ClN2O2. The van der Waals surface area contributed by atoms with Crippen molar-refractivity contribution >= 4 is 17.5 Å². The van der Waals surface area contributed by atoms with E-state index in [0.29, 0.717) is 11.6 Å². The lowest BCUT2D eigenvalue weighted by Crippen LogP contribution is -2.55. The number of hydrogen-bond donors (Lipinski definition) is 2. The Morgan fingerprint density at radius 3 is 2.76 bits per heavy atom. The number of rotatable bonds is 5. The van der Waals surface area contributed by atoms with E-state index in [0.717, 1.165) is 37.7 Å². The Morgan fingerprint density at radius 1 is 1.43 bits per heavy atom. The van der Waals surface area contributed by atoms with Crippen molar-refractivity contribution in [1.82, 2.24) is 5.32 Å². The van der Waals surface area contributed by atoms with Gasteiger partial charge in [0.1, 0.15) is 0 Å². The lowest BCUT2D eigenvalue weighted by atomic mass is 9.82. The lowest BCUT2D eigenvalue weighted by Gasteiger charge is -2.32. The molecule has 0 saturated heterocycles. The SMILES string of the molecule is COC(CNC(=O)C1(N)CCCCC1)c1cccc(Cl)c1. The van der Waals surface area contributed by atoms with E-state index >= 15 is 0 Å². The van der Waals surface area contributed by atoms with Crippen LogP contribution in [0.15, 0.2) is 24.3 Å². The number of methoxy groups -OCH3 is 1. The second kappa shape index (κ2) is 7.25. The smallest absolute Gasteiger partial charge is 0.240 e. The molecule has 0 aromatic heterocycles. The Bertz CT molecular complexity index is 487. The van der Waals surface area contributed by atoms with Gasteiger partial charge in [-0.2, -0.15) is 0 Å². The predicted octanol–water partition coefficient (Wildman–Crippen LogP) is 2.81. The topological polar surface area (TPSA) is 64.3 Å². The molecule has 1 aromatic rings. The fourth-order valence-corrected chi connectivity index (χ4v) is 3.01. The van der Waals surface area contributed by atoms with Gasteiger partial charge in [0, 0.05) is 18.7 Å². The van der Waals surface area contributed by atoms with Crippen LogP contribution in [0.5, 0.6) is 0 Å². The molecule has 3 N–H and O–H groups in total. The number of ether oxygens (including phenoxy) is 1. The van der Waals surface area contributed by atoms with Gasteiger partial charge in [0.25, 0.3) is 0 Å². The third-order valence-electron chi connectivity index (χ3n) is 4.15. The van der Waals surface area contributed by atoms with E-state index in [1.165, 1.54) is 0 Å². The van der Waals surface area contributed by atoms with Crippen LogP contribution in [0, 0.1) is 0 Å². The van der Waals surface area contributed by atoms with Crippen LogP contribution in [0.3, 0.4) is 0 Å². The van der Waals surface area contributed by atoms with Crippen molar-refractivity contribution in [3.63, 3.8) is 0 Å². The fraction of sp³-hybridized carbons (Fsp3) is 0.562. The van der Waals surface area contributed by atoms with Crippen LogP contribution in [0.2, 0.25) is 5.02 Å². The summed E-state index contributed by atoms with van der Waals surface area (Å²) in [6.45, 7) is 0.397. The summed E-state index contributed by atoms with van der Waals surface area (Å²) in [4.78, 5) is 12.3. The third kappa shape index (κ3) is 4.19. The zero-order valence-corrected chi connectivity index (χ0v) is 13.2. The van der Waals surface area contributed by atoms with Gasteiger partial charge < -0.3 is 15.8 Å². The molecule has 1 amide bonds. The van der Waals surface area contributed by atoms with Crippen LogP contribution in [-0.2, 0) is 9.53 Å². The minimum absolute atomic E-state index is 0.0775. The van der Waals surface area contributed by atoms with Gasteiger partial charge in [-0.25, -0.2) is 0 Å². The van der Waals surface area contributed by atoms with Gasteiger partial charge in [0.05, 0.1) is 11.6 Å². The van der Waals surface area contributed by atoms with E-state index in [1.54, 1.807) is 7.11 Å². The van der Waals surface area contributed by atoms with Crippen LogP contribution < -0.4 is 11.1 Å². The summed E-state index contributed by atoms with van der Waals surface area (Å²) in [6.07, 6.45) is 4.49. The summed E-state index contributed by atoms with van der Waals surface area (Å²) in [5.41, 5.74) is 6.45. The number of carbonyl (C=O) groups excluding carboxylic acids is 1. The molecule has 1 unspecified atom stereocenters. The van der Waals surface area contributed by atoms with E-state index in [9.17, 15) is 4.79 Å². The van der Waals surface area contributed by atoms with E-state index in [4.69, 9.17) is 22.1 Å². The van der Waals surface area contributed by atoms with Crippen molar-refractivity contribution in [3.05, 3.63) is 34.9 Å². The van der Waals surface area contributed by atoms with E-state index in [2.05, 4.69) is 5.32 Å². The summed E-state index contributed by atoms with van der Waals surface area (Å²) < 4.78 is 5.45. The molecule has 0 radical (unpaired) electrons. The Hall–Kier alpha value is -1.10. The molecular weight excluding hydrogens is 288 g/mol. The molecule has 1 aromatic carbocycles. The van der Waals surface area contributed by atoms with Crippen molar-refractivity contribution in [2.75, 3.05) is 13.7 Å². The Labute approximate surface area is 131 Å². The fourth-order valence-electron chi connectivity index (χ4n) is 2.82. The second-order valence-electron chi connectivity index (χ2n) is 5.71. The van der Waals surface area contributed by atoms with Gasteiger partial charge in [-0.3, -0.25) is 4.79 Å². The molecule has 1 atom stereocenters. The maximum absolute atomic E-state index is 12.3. The molecule has 1 fully saturated rings. The average Bonchev–Trinajstić information content (AvgIpc) is 2.48. The van der Waals surface area contributed by atoms with Crippen LogP contribution in [-0.4, -0.2) is 25.1 Å². The summed E-state index contributed by atoms with van der Waals surface area (Å²) in [6, 6.07) is 7.47. The number of benzene rings is 1. The summed E-state index contributed by atoms with van der Waals surface area (Å²) >= 11 is 5.99. The second-order valence-corrected chi connectivity index (χ2v) is 6.14. The van der Waals surface area contributed by atoms with Crippen molar-refractivity contribution in [2.45, 2.75) is 43.7 Å². The molecule has 0 heterocycles. The summed E-state index contributed by atoms with van der Waals surface area (Å²) in [5.74, 6) is -0.0775. The highest BCUT2D eigenvalue weighted by Crippen LogP contribution is 2.26. The first-order valence-electron chi connectivity index (χ1n) is 7.40. The first-order valence-corrected chi connectivity index (χ1v) is 7.78. The van der Waals surface area contributed by atoms with Gasteiger partial charge in [-0.05, 0) is 30.5 Å².